The highest BCUT2D eigenvalue weighted by atomic mass is 16.5. The number of aliphatic carboxylic acids is 1. The minimum atomic E-state index is -1.06. The summed E-state index contributed by atoms with van der Waals surface area (Å²) in [5, 5.41) is 19.2. The van der Waals surface area contributed by atoms with Gasteiger partial charge in [-0.3, -0.25) is 0 Å². The van der Waals surface area contributed by atoms with Crippen LogP contribution in [0.15, 0.2) is 60.7 Å². The van der Waals surface area contributed by atoms with Gasteiger partial charge < -0.3 is 14.9 Å². The average Bonchev–Trinajstić information content (AvgIpc) is 2.49. The maximum atomic E-state index is 10.7. The Labute approximate surface area is 117 Å². The number of rotatable bonds is 6. The molecule has 0 aromatic heterocycles. The Balaban J connectivity index is 2.24. The van der Waals surface area contributed by atoms with Gasteiger partial charge in [-0.2, -0.15) is 0 Å². The molecule has 0 saturated heterocycles. The summed E-state index contributed by atoms with van der Waals surface area (Å²) in [5.41, 5.74) is 1.43. The summed E-state index contributed by atoms with van der Waals surface area (Å²) >= 11 is 0. The molecular weight excluding hydrogens is 256 g/mol. The van der Waals surface area contributed by atoms with Gasteiger partial charge >= 0.3 is 5.97 Å². The summed E-state index contributed by atoms with van der Waals surface area (Å²) in [6.07, 6.45) is -1.63. The molecule has 0 aliphatic heterocycles. The van der Waals surface area contributed by atoms with Gasteiger partial charge in [0, 0.05) is 0 Å². The molecule has 2 aromatic carbocycles. The number of hydrogen-bond acceptors (Lipinski definition) is 3. The first-order valence-corrected chi connectivity index (χ1v) is 6.30. The van der Waals surface area contributed by atoms with Gasteiger partial charge in [0.25, 0.3) is 0 Å². The van der Waals surface area contributed by atoms with Gasteiger partial charge in [-0.05, 0) is 11.1 Å². The van der Waals surface area contributed by atoms with Gasteiger partial charge in [-0.25, -0.2) is 4.79 Å². The van der Waals surface area contributed by atoms with Crippen molar-refractivity contribution < 1.29 is 19.7 Å². The summed E-state index contributed by atoms with van der Waals surface area (Å²) in [4.78, 5) is 10.7. The predicted molar refractivity (Wildman–Crippen MR) is 74.2 cm³/mol. The highest BCUT2D eigenvalue weighted by Gasteiger charge is 2.24. The van der Waals surface area contributed by atoms with Crippen LogP contribution in [-0.4, -0.2) is 22.8 Å². The number of ether oxygens (including phenoxy) is 1. The van der Waals surface area contributed by atoms with Gasteiger partial charge in [0.15, 0.2) is 0 Å². The minimum absolute atomic E-state index is 0.455. The van der Waals surface area contributed by atoms with E-state index in [1.807, 2.05) is 36.4 Å². The number of carboxylic acids is 1. The van der Waals surface area contributed by atoms with Crippen LogP contribution in [0.1, 0.15) is 23.3 Å². The highest BCUT2D eigenvalue weighted by molar-refractivity contribution is 5.68. The van der Waals surface area contributed by atoms with E-state index in [0.29, 0.717) is 5.56 Å². The quantitative estimate of drug-likeness (QED) is 0.848. The molecule has 0 fully saturated rings. The first-order valence-electron chi connectivity index (χ1n) is 6.30. The molecule has 4 nitrogen and oxygen atoms in total. The van der Waals surface area contributed by atoms with Crippen LogP contribution in [0.5, 0.6) is 0 Å². The maximum Gasteiger partial charge on any atom is 0.329 e. The first kappa shape index (κ1) is 14.2. The van der Waals surface area contributed by atoms with Crippen molar-refractivity contribution in [3.63, 3.8) is 0 Å². The Morgan fingerprint density at radius 2 is 1.45 bits per heavy atom. The number of aliphatic hydroxyl groups excluding tert-OH is 1. The molecule has 2 aromatic rings. The zero-order valence-electron chi connectivity index (χ0n) is 10.8. The molecule has 2 atom stereocenters. The number of carbonyl (C=O) groups is 1. The lowest BCUT2D eigenvalue weighted by Crippen LogP contribution is -2.18. The van der Waals surface area contributed by atoms with Crippen molar-refractivity contribution in [1.82, 2.24) is 0 Å². The standard InChI is InChI=1S/C16H16O4/c17-14(18)11-20-16(13-9-5-2-6-10-13)15(19)12-7-3-1-4-8-12/h1-10,15-16,19H,11H2,(H,17,18)/t15-,16+/m1/s1. The van der Waals surface area contributed by atoms with E-state index >= 15 is 0 Å². The van der Waals surface area contributed by atoms with Gasteiger partial charge in [-0.15, -0.1) is 0 Å². The maximum absolute atomic E-state index is 10.7. The number of aliphatic hydroxyl groups is 1. The average molecular weight is 272 g/mol. The van der Waals surface area contributed by atoms with Crippen molar-refractivity contribution in [2.45, 2.75) is 12.2 Å². The Bertz CT molecular complexity index is 539. The molecule has 0 saturated carbocycles. The van der Waals surface area contributed by atoms with Gasteiger partial charge in [0.2, 0.25) is 0 Å². The van der Waals surface area contributed by atoms with Crippen molar-refractivity contribution in [3.05, 3.63) is 71.8 Å². The summed E-state index contributed by atoms with van der Waals surface area (Å²) in [6, 6.07) is 18.2. The Morgan fingerprint density at radius 3 is 1.95 bits per heavy atom. The van der Waals surface area contributed by atoms with E-state index in [9.17, 15) is 9.90 Å². The van der Waals surface area contributed by atoms with Crippen LogP contribution in [0.4, 0.5) is 0 Å². The monoisotopic (exact) mass is 272 g/mol. The number of hydrogen-bond donors (Lipinski definition) is 2. The summed E-state index contributed by atoms with van der Waals surface area (Å²) in [6.45, 7) is -0.455. The van der Waals surface area contributed by atoms with Crippen LogP contribution < -0.4 is 0 Å². The molecule has 0 aliphatic carbocycles. The summed E-state index contributed by atoms with van der Waals surface area (Å²) in [7, 11) is 0. The van der Waals surface area contributed by atoms with Crippen molar-refractivity contribution in [2.75, 3.05) is 6.61 Å². The Morgan fingerprint density at radius 1 is 0.950 bits per heavy atom. The second kappa shape index (κ2) is 6.84. The third-order valence-electron chi connectivity index (χ3n) is 2.94. The van der Waals surface area contributed by atoms with E-state index in [1.165, 1.54) is 0 Å². The van der Waals surface area contributed by atoms with Gasteiger partial charge in [0.1, 0.15) is 18.8 Å². The summed E-state index contributed by atoms with van der Waals surface area (Å²) in [5.74, 6) is -1.06. The zero-order valence-corrected chi connectivity index (χ0v) is 10.8. The highest BCUT2D eigenvalue weighted by Crippen LogP contribution is 2.31. The Hall–Kier alpha value is -2.17. The lowest BCUT2D eigenvalue weighted by atomic mass is 9.98. The molecule has 0 unspecified atom stereocenters. The smallest absolute Gasteiger partial charge is 0.329 e. The lowest BCUT2D eigenvalue weighted by Gasteiger charge is -2.23. The van der Waals surface area contributed by atoms with Crippen LogP contribution in [0.25, 0.3) is 0 Å². The zero-order chi connectivity index (χ0) is 14.4. The third-order valence-corrected chi connectivity index (χ3v) is 2.94. The fourth-order valence-corrected chi connectivity index (χ4v) is 2.00. The van der Waals surface area contributed by atoms with Crippen molar-refractivity contribution in [3.8, 4) is 0 Å². The molecule has 0 bridgehead atoms. The van der Waals surface area contributed by atoms with Gasteiger partial charge in [-0.1, -0.05) is 60.7 Å². The largest absolute Gasteiger partial charge is 0.480 e. The van der Waals surface area contributed by atoms with Crippen molar-refractivity contribution in [2.24, 2.45) is 0 Å². The molecule has 0 radical (unpaired) electrons. The molecule has 104 valence electrons. The second-order valence-corrected chi connectivity index (χ2v) is 4.39. The van der Waals surface area contributed by atoms with Gasteiger partial charge in [0.05, 0.1) is 0 Å². The first-order chi connectivity index (χ1) is 9.68. The van der Waals surface area contributed by atoms with E-state index in [4.69, 9.17) is 9.84 Å². The Kier molecular flexibility index (Phi) is 4.87. The molecule has 0 amide bonds. The normalized spacial score (nSPS) is 13.7. The molecule has 2 N–H and O–H groups in total. The van der Waals surface area contributed by atoms with Crippen LogP contribution in [0.2, 0.25) is 0 Å². The molecular formula is C16H16O4. The molecule has 2 rings (SSSR count). The topological polar surface area (TPSA) is 66.8 Å². The molecule has 20 heavy (non-hydrogen) atoms. The molecule has 0 heterocycles. The van der Waals surface area contributed by atoms with E-state index in [2.05, 4.69) is 0 Å². The lowest BCUT2D eigenvalue weighted by molar-refractivity contribution is -0.147. The van der Waals surface area contributed by atoms with E-state index in [0.717, 1.165) is 5.56 Å². The molecule has 4 heteroatoms. The molecule has 0 aliphatic rings. The fraction of sp³-hybridized carbons (Fsp3) is 0.188. The van der Waals surface area contributed by atoms with Crippen LogP contribution in [0.3, 0.4) is 0 Å². The SMILES string of the molecule is O=C(O)CO[C@@H](c1ccccc1)[C@H](O)c1ccccc1. The minimum Gasteiger partial charge on any atom is -0.480 e. The van der Waals surface area contributed by atoms with E-state index in [1.54, 1.807) is 24.3 Å². The predicted octanol–water partition coefficient (Wildman–Crippen LogP) is 2.56. The van der Waals surface area contributed by atoms with Crippen molar-refractivity contribution >= 4 is 5.97 Å². The third kappa shape index (κ3) is 3.66. The molecule has 0 spiro atoms. The summed E-state index contributed by atoms with van der Waals surface area (Å²) < 4.78 is 5.36. The van der Waals surface area contributed by atoms with Crippen molar-refractivity contribution in [1.29, 1.82) is 0 Å². The second-order valence-electron chi connectivity index (χ2n) is 4.39. The number of carboxylic acid groups (broad SMARTS) is 1. The van der Waals surface area contributed by atoms with Crippen LogP contribution in [-0.2, 0) is 9.53 Å². The van der Waals surface area contributed by atoms with Crippen LogP contribution >= 0.6 is 0 Å². The number of benzene rings is 2. The fourth-order valence-electron chi connectivity index (χ4n) is 2.00. The van der Waals surface area contributed by atoms with E-state index in [-0.39, 0.29) is 0 Å². The van der Waals surface area contributed by atoms with E-state index < -0.39 is 24.8 Å². The van der Waals surface area contributed by atoms with Crippen LogP contribution in [0, 0.1) is 0 Å².